The van der Waals surface area contributed by atoms with Crippen LogP contribution in [0, 0.1) is 19.7 Å². The summed E-state index contributed by atoms with van der Waals surface area (Å²) in [5, 5.41) is 22.4. The molecular formula is C26H21FN4O7S2. The van der Waals surface area contributed by atoms with Crippen molar-refractivity contribution in [2.75, 3.05) is 12.4 Å². The SMILES string of the molecule is CNc1ccc2c(O)c(C3=Nc4cc(F)c(C)cc43)c(S(=O)(=O)O)cc2c1N=Nc1ccc(C)cc1S(=O)(=O)O. The first kappa shape index (κ1) is 27.3. The Labute approximate surface area is 228 Å². The van der Waals surface area contributed by atoms with E-state index < -0.39 is 41.6 Å². The number of anilines is 1. The van der Waals surface area contributed by atoms with Gasteiger partial charge in [0.05, 0.1) is 22.6 Å². The molecule has 0 unspecified atom stereocenters. The molecule has 4 N–H and O–H groups in total. The second-order valence-corrected chi connectivity index (χ2v) is 11.9. The molecule has 0 saturated carbocycles. The van der Waals surface area contributed by atoms with E-state index in [0.29, 0.717) is 16.8 Å². The highest BCUT2D eigenvalue weighted by Crippen LogP contribution is 2.46. The largest absolute Gasteiger partial charge is 0.507 e. The predicted octanol–water partition coefficient (Wildman–Crippen LogP) is 5.73. The van der Waals surface area contributed by atoms with Crippen LogP contribution in [-0.2, 0) is 20.2 Å². The summed E-state index contributed by atoms with van der Waals surface area (Å²) in [6, 6.07) is 10.9. The van der Waals surface area contributed by atoms with Crippen molar-refractivity contribution in [3.8, 4) is 5.75 Å². The summed E-state index contributed by atoms with van der Waals surface area (Å²) < 4.78 is 82.6. The molecular weight excluding hydrogens is 563 g/mol. The van der Waals surface area contributed by atoms with Gasteiger partial charge in [-0.05, 0) is 61.4 Å². The minimum Gasteiger partial charge on any atom is -0.507 e. The Bertz CT molecular complexity index is 2040. The Morgan fingerprint density at radius 3 is 2.23 bits per heavy atom. The van der Waals surface area contributed by atoms with E-state index in [1.165, 1.54) is 43.3 Å². The number of hydrogen-bond acceptors (Lipinski definition) is 9. The lowest BCUT2D eigenvalue weighted by atomic mass is 9.91. The van der Waals surface area contributed by atoms with Crippen LogP contribution in [0.15, 0.2) is 73.5 Å². The Morgan fingerprint density at radius 1 is 0.875 bits per heavy atom. The van der Waals surface area contributed by atoms with Crippen LogP contribution in [-0.4, -0.2) is 43.8 Å². The first-order valence-electron chi connectivity index (χ1n) is 11.6. The van der Waals surface area contributed by atoms with Crippen molar-refractivity contribution in [2.24, 2.45) is 15.2 Å². The van der Waals surface area contributed by atoms with Gasteiger partial charge in [0.2, 0.25) is 0 Å². The molecule has 0 radical (unpaired) electrons. The van der Waals surface area contributed by atoms with Crippen LogP contribution in [0.1, 0.15) is 22.3 Å². The van der Waals surface area contributed by atoms with Gasteiger partial charge in [-0.25, -0.2) is 9.38 Å². The highest BCUT2D eigenvalue weighted by Gasteiger charge is 2.32. The molecule has 1 heterocycles. The Hall–Kier alpha value is -4.24. The number of fused-ring (bicyclic) bond motifs is 2. The lowest BCUT2D eigenvalue weighted by molar-refractivity contribution is 0.469. The number of aromatic hydroxyl groups is 1. The van der Waals surface area contributed by atoms with E-state index in [2.05, 4.69) is 20.5 Å². The Kier molecular flexibility index (Phi) is 6.45. The first-order valence-corrected chi connectivity index (χ1v) is 14.5. The van der Waals surface area contributed by atoms with Crippen molar-refractivity contribution >= 4 is 59.5 Å². The maximum atomic E-state index is 14.0. The normalized spacial score (nSPS) is 13.3. The molecule has 0 amide bonds. The third kappa shape index (κ3) is 4.60. The van der Waals surface area contributed by atoms with Gasteiger partial charge in [-0.15, -0.1) is 10.2 Å². The van der Waals surface area contributed by atoms with Gasteiger partial charge in [-0.1, -0.05) is 6.07 Å². The minimum atomic E-state index is -4.94. The van der Waals surface area contributed by atoms with Gasteiger partial charge in [0.1, 0.15) is 32.7 Å². The quantitative estimate of drug-likeness (QED) is 0.144. The van der Waals surface area contributed by atoms with Gasteiger partial charge in [0.15, 0.2) is 0 Å². The molecule has 0 spiro atoms. The van der Waals surface area contributed by atoms with E-state index in [4.69, 9.17) is 0 Å². The molecule has 0 atom stereocenters. The monoisotopic (exact) mass is 584 g/mol. The zero-order valence-corrected chi connectivity index (χ0v) is 22.8. The van der Waals surface area contributed by atoms with Crippen LogP contribution in [0.3, 0.4) is 0 Å². The maximum Gasteiger partial charge on any atom is 0.296 e. The number of rotatable bonds is 6. The summed E-state index contributed by atoms with van der Waals surface area (Å²) in [4.78, 5) is 3.01. The average Bonchev–Trinajstić information content (AvgIpc) is 2.86. The number of nitrogens with one attached hydrogen (secondary N) is 1. The fraction of sp³-hybridized carbons (Fsp3) is 0.115. The average molecular weight is 585 g/mol. The van der Waals surface area contributed by atoms with E-state index >= 15 is 0 Å². The zero-order valence-electron chi connectivity index (χ0n) is 21.1. The third-order valence-corrected chi connectivity index (χ3v) is 8.19. The second-order valence-electron chi connectivity index (χ2n) is 9.11. The Morgan fingerprint density at radius 2 is 1.57 bits per heavy atom. The van der Waals surface area contributed by atoms with Crippen molar-refractivity contribution in [1.29, 1.82) is 0 Å². The fourth-order valence-corrected chi connectivity index (χ4v) is 5.87. The number of benzene rings is 4. The third-order valence-electron chi connectivity index (χ3n) is 6.43. The summed E-state index contributed by atoms with van der Waals surface area (Å²) in [6.45, 7) is 3.15. The second kappa shape index (κ2) is 9.45. The molecule has 40 heavy (non-hydrogen) atoms. The molecule has 206 valence electrons. The first-order chi connectivity index (χ1) is 18.7. The van der Waals surface area contributed by atoms with Gasteiger partial charge >= 0.3 is 0 Å². The number of phenols is 1. The molecule has 5 rings (SSSR count). The molecule has 0 saturated heterocycles. The van der Waals surface area contributed by atoms with E-state index in [-0.39, 0.29) is 44.7 Å². The van der Waals surface area contributed by atoms with E-state index in [0.717, 1.165) is 6.07 Å². The molecule has 4 aromatic carbocycles. The summed E-state index contributed by atoms with van der Waals surface area (Å²) in [6.07, 6.45) is 0. The zero-order chi connectivity index (χ0) is 29.1. The van der Waals surface area contributed by atoms with Crippen molar-refractivity contribution in [3.05, 3.63) is 76.6 Å². The number of aliphatic imine (C=N–C) groups is 1. The summed E-state index contributed by atoms with van der Waals surface area (Å²) >= 11 is 0. The van der Waals surface area contributed by atoms with Gasteiger partial charge < -0.3 is 10.4 Å². The van der Waals surface area contributed by atoms with Gasteiger partial charge in [0, 0.05) is 29.4 Å². The van der Waals surface area contributed by atoms with Crippen molar-refractivity contribution in [1.82, 2.24) is 0 Å². The summed E-state index contributed by atoms with van der Waals surface area (Å²) in [5.74, 6) is -1.04. The number of aryl methyl sites for hydroxylation is 2. The summed E-state index contributed by atoms with van der Waals surface area (Å²) in [5.41, 5.74) is 1.37. The fourth-order valence-electron chi connectivity index (χ4n) is 4.44. The summed E-state index contributed by atoms with van der Waals surface area (Å²) in [7, 11) is -8.04. The molecule has 0 aromatic heterocycles. The van der Waals surface area contributed by atoms with Crippen LogP contribution >= 0.6 is 0 Å². The number of nitrogens with zero attached hydrogens (tertiary/aromatic N) is 3. The molecule has 0 fully saturated rings. The van der Waals surface area contributed by atoms with Crippen molar-refractivity contribution < 1.29 is 35.4 Å². The topological polar surface area (TPSA) is 178 Å². The Balaban J connectivity index is 1.77. The van der Waals surface area contributed by atoms with E-state index in [9.17, 15) is 35.4 Å². The predicted molar refractivity (Wildman–Crippen MR) is 147 cm³/mol. The van der Waals surface area contributed by atoms with E-state index in [1.807, 2.05) is 0 Å². The van der Waals surface area contributed by atoms with Crippen LogP contribution in [0.4, 0.5) is 27.1 Å². The molecule has 14 heteroatoms. The highest BCUT2D eigenvalue weighted by atomic mass is 32.2. The molecule has 0 aliphatic carbocycles. The maximum absolute atomic E-state index is 14.0. The number of hydrogen-bond donors (Lipinski definition) is 4. The van der Waals surface area contributed by atoms with E-state index in [1.54, 1.807) is 20.0 Å². The molecule has 4 aromatic rings. The standard InChI is InChI=1S/C26H21FN4O7S2/c1-12-4-6-18(21(8-12)39(33,34)35)30-31-24-15-10-22(40(36,37)38)23(26(32)14(15)5-7-19(24)28-3)25-16-9-13(2)17(27)11-20(16)29-25/h4-11,28,32H,1-3H3,(H,33,34,35)(H,36,37,38). The molecule has 0 bridgehead atoms. The molecule has 1 aliphatic rings. The van der Waals surface area contributed by atoms with Crippen LogP contribution < -0.4 is 5.32 Å². The number of phenolic OH excluding ortho intramolecular Hbond substituents is 1. The number of halogens is 1. The highest BCUT2D eigenvalue weighted by molar-refractivity contribution is 7.86. The van der Waals surface area contributed by atoms with Crippen LogP contribution in [0.2, 0.25) is 0 Å². The minimum absolute atomic E-state index is 0.00229. The molecule has 11 nitrogen and oxygen atoms in total. The smallest absolute Gasteiger partial charge is 0.296 e. The van der Waals surface area contributed by atoms with Crippen LogP contribution in [0.5, 0.6) is 5.75 Å². The lowest BCUT2D eigenvalue weighted by Crippen LogP contribution is -2.17. The molecule has 1 aliphatic heterocycles. The van der Waals surface area contributed by atoms with Crippen LogP contribution in [0.25, 0.3) is 10.8 Å². The van der Waals surface area contributed by atoms with Crippen molar-refractivity contribution in [2.45, 2.75) is 23.6 Å². The van der Waals surface area contributed by atoms with Gasteiger partial charge in [-0.2, -0.15) is 16.8 Å². The van der Waals surface area contributed by atoms with Gasteiger partial charge in [-0.3, -0.25) is 9.11 Å². The van der Waals surface area contributed by atoms with Gasteiger partial charge in [0.25, 0.3) is 20.2 Å². The lowest BCUT2D eigenvalue weighted by Gasteiger charge is -2.23. The number of azo groups is 1. The van der Waals surface area contributed by atoms with Crippen molar-refractivity contribution in [3.63, 3.8) is 0 Å².